The summed E-state index contributed by atoms with van der Waals surface area (Å²) in [5.74, 6) is -0.631. The molecule has 3 atom stereocenters. The molecule has 1 aromatic carbocycles. The van der Waals surface area contributed by atoms with Crippen LogP contribution < -0.4 is 20.7 Å². The number of nitrogens with zero attached hydrogens (tertiary/aromatic N) is 1. The van der Waals surface area contributed by atoms with Gasteiger partial charge in [0.1, 0.15) is 23.5 Å². The van der Waals surface area contributed by atoms with E-state index in [2.05, 4.69) is 27.0 Å². The van der Waals surface area contributed by atoms with E-state index in [-0.39, 0.29) is 23.7 Å². The molecule has 1 saturated heterocycles. The zero-order valence-corrected chi connectivity index (χ0v) is 20.2. The first kappa shape index (κ1) is 25.1. The lowest BCUT2D eigenvalue weighted by molar-refractivity contribution is -0.128. The number of aromatic nitrogens is 1. The molecule has 2 aromatic rings. The number of piperidine rings is 1. The average molecular weight is 468 g/mol. The van der Waals surface area contributed by atoms with E-state index < -0.39 is 23.9 Å². The molecule has 34 heavy (non-hydrogen) atoms. The number of rotatable bonds is 8. The number of nitrogens with one attached hydrogen (secondary N) is 4. The summed E-state index contributed by atoms with van der Waals surface area (Å²) in [6.45, 7) is 6.56. The fourth-order valence-corrected chi connectivity index (χ4v) is 4.25. The number of amides is 3. The third-order valence-corrected chi connectivity index (χ3v) is 5.92. The minimum atomic E-state index is -0.850. The summed E-state index contributed by atoms with van der Waals surface area (Å²) in [4.78, 5) is 41.3. The van der Waals surface area contributed by atoms with Gasteiger partial charge in [0.15, 0.2) is 0 Å². The van der Waals surface area contributed by atoms with Crippen molar-refractivity contribution in [2.75, 3.05) is 13.7 Å². The van der Waals surface area contributed by atoms with E-state index in [0.717, 1.165) is 17.3 Å². The number of aromatic amines is 1. The predicted octanol–water partition coefficient (Wildman–Crippen LogP) is 2.64. The number of hydrogen-bond donors (Lipinski definition) is 4. The van der Waals surface area contributed by atoms with Gasteiger partial charge >= 0.3 is 0 Å². The molecule has 9 heteroatoms. The molecule has 0 radical (unpaired) electrons. The molecule has 3 amide bonds. The maximum Gasteiger partial charge on any atom is 0.268 e. The minimum absolute atomic E-state index is 0.0884. The molecule has 182 valence electrons. The van der Waals surface area contributed by atoms with E-state index in [4.69, 9.17) is 4.74 Å². The van der Waals surface area contributed by atoms with E-state index >= 15 is 0 Å². The zero-order valence-electron chi connectivity index (χ0n) is 20.2. The summed E-state index contributed by atoms with van der Waals surface area (Å²) in [6, 6.07) is 7.58. The highest BCUT2D eigenvalue weighted by Crippen LogP contribution is 2.26. The van der Waals surface area contributed by atoms with E-state index in [1.807, 2.05) is 39.0 Å². The number of hydrogen-bond acceptors (Lipinski definition) is 5. The molecule has 9 nitrogen and oxygen atoms in total. The van der Waals surface area contributed by atoms with Crippen molar-refractivity contribution in [3.63, 3.8) is 0 Å². The summed E-state index contributed by atoms with van der Waals surface area (Å²) < 4.78 is 5.36. The van der Waals surface area contributed by atoms with Crippen LogP contribution in [0.5, 0.6) is 5.75 Å². The molecule has 2 heterocycles. The summed E-state index contributed by atoms with van der Waals surface area (Å²) in [7, 11) is 1.56. The van der Waals surface area contributed by atoms with E-state index in [1.54, 1.807) is 13.2 Å². The Balaban J connectivity index is 1.74. The van der Waals surface area contributed by atoms with Crippen LogP contribution in [0.4, 0.5) is 0 Å². The fourth-order valence-electron chi connectivity index (χ4n) is 4.25. The van der Waals surface area contributed by atoms with Crippen molar-refractivity contribution >= 4 is 28.6 Å². The summed E-state index contributed by atoms with van der Waals surface area (Å²) >= 11 is 0. The number of ether oxygens (including phenoxy) is 1. The second-order valence-electron chi connectivity index (χ2n) is 9.95. The standard InChI is InChI=1S/C25H33N5O4/c1-25(2,3)13-20(24(33)28-16(14-26)11-15-7-6-10-27-22(15)31)30-23(32)19-12-17-18(29-19)8-5-9-21(17)34-4/h5,8-9,12,15-16,20,29H,6-7,10-11,13H2,1-4H3,(H,27,31)(H,28,33)(H,30,32)/t15-,16-,20?/m0/s1. The van der Waals surface area contributed by atoms with Gasteiger partial charge in [-0.2, -0.15) is 5.26 Å². The average Bonchev–Trinajstić information content (AvgIpc) is 3.23. The molecule has 1 fully saturated rings. The van der Waals surface area contributed by atoms with Gasteiger partial charge in [0.2, 0.25) is 11.8 Å². The molecule has 0 saturated carbocycles. The lowest BCUT2D eigenvalue weighted by atomic mass is 9.87. The molecule has 0 spiro atoms. The van der Waals surface area contributed by atoms with Crippen molar-refractivity contribution in [3.05, 3.63) is 30.0 Å². The molecular weight excluding hydrogens is 434 g/mol. The molecule has 1 aromatic heterocycles. The van der Waals surface area contributed by atoms with Gasteiger partial charge in [-0.1, -0.05) is 26.8 Å². The van der Waals surface area contributed by atoms with Crippen molar-refractivity contribution in [2.45, 2.75) is 58.5 Å². The van der Waals surface area contributed by atoms with Crippen molar-refractivity contribution in [1.29, 1.82) is 5.26 Å². The normalized spacial score (nSPS) is 17.9. The molecular formula is C25H33N5O4. The van der Waals surface area contributed by atoms with E-state index in [0.29, 0.717) is 30.8 Å². The quantitative estimate of drug-likeness (QED) is 0.473. The Labute approximate surface area is 199 Å². The summed E-state index contributed by atoms with van der Waals surface area (Å²) in [6.07, 6.45) is 2.15. The van der Waals surface area contributed by atoms with Gasteiger partial charge in [-0.25, -0.2) is 0 Å². The predicted molar refractivity (Wildman–Crippen MR) is 128 cm³/mol. The van der Waals surface area contributed by atoms with Gasteiger partial charge in [0, 0.05) is 23.4 Å². The number of benzene rings is 1. The molecule has 1 aliphatic rings. The minimum Gasteiger partial charge on any atom is -0.496 e. The molecule has 4 N–H and O–H groups in total. The SMILES string of the molecule is COc1cccc2[nH]c(C(=O)NC(CC(C)(C)C)C(=O)N[C@H](C#N)C[C@@H]3CCCNC3=O)cc12. The van der Waals surface area contributed by atoms with Crippen LogP contribution >= 0.6 is 0 Å². The molecule has 3 rings (SSSR count). The number of carbonyl (C=O) groups is 3. The second kappa shape index (κ2) is 10.6. The Bertz CT molecular complexity index is 1090. The van der Waals surface area contributed by atoms with Crippen molar-refractivity contribution in [3.8, 4) is 11.8 Å². The number of fused-ring (bicyclic) bond motifs is 1. The molecule has 1 aliphatic heterocycles. The maximum absolute atomic E-state index is 13.1. The van der Waals surface area contributed by atoms with Gasteiger partial charge < -0.3 is 25.7 Å². The second-order valence-corrected chi connectivity index (χ2v) is 9.95. The number of H-pyrrole nitrogens is 1. The lowest BCUT2D eigenvalue weighted by Crippen LogP contribution is -2.51. The van der Waals surface area contributed by atoms with Gasteiger partial charge in [0.05, 0.1) is 13.2 Å². The first-order valence-corrected chi connectivity index (χ1v) is 11.6. The fraction of sp³-hybridized carbons (Fsp3) is 0.520. The van der Waals surface area contributed by atoms with Crippen molar-refractivity contribution < 1.29 is 19.1 Å². The highest BCUT2D eigenvalue weighted by molar-refractivity contribution is 6.01. The van der Waals surface area contributed by atoms with Crippen LogP contribution in [0.2, 0.25) is 0 Å². The smallest absolute Gasteiger partial charge is 0.268 e. The van der Waals surface area contributed by atoms with Crippen LogP contribution in [0.15, 0.2) is 24.3 Å². The number of nitriles is 1. The van der Waals surface area contributed by atoms with Crippen molar-refractivity contribution in [1.82, 2.24) is 20.9 Å². The van der Waals surface area contributed by atoms with Crippen LogP contribution in [0, 0.1) is 22.7 Å². The molecule has 0 aliphatic carbocycles. The first-order chi connectivity index (χ1) is 16.1. The largest absolute Gasteiger partial charge is 0.496 e. The van der Waals surface area contributed by atoms with Gasteiger partial charge in [-0.05, 0) is 49.3 Å². The van der Waals surface area contributed by atoms with Gasteiger partial charge in [-0.15, -0.1) is 0 Å². The Hall–Kier alpha value is -3.54. The van der Waals surface area contributed by atoms with E-state index in [9.17, 15) is 19.6 Å². The Morgan fingerprint density at radius 3 is 2.71 bits per heavy atom. The van der Waals surface area contributed by atoms with Crippen LogP contribution in [0.25, 0.3) is 10.9 Å². The maximum atomic E-state index is 13.1. The zero-order chi connectivity index (χ0) is 24.9. The van der Waals surface area contributed by atoms with Crippen LogP contribution in [0.1, 0.15) is 56.9 Å². The van der Waals surface area contributed by atoms with Crippen LogP contribution in [0.3, 0.4) is 0 Å². The highest BCUT2D eigenvalue weighted by Gasteiger charge is 2.31. The van der Waals surface area contributed by atoms with E-state index in [1.165, 1.54) is 0 Å². The summed E-state index contributed by atoms with van der Waals surface area (Å²) in [5.41, 5.74) is 0.795. The van der Waals surface area contributed by atoms with Crippen molar-refractivity contribution in [2.24, 2.45) is 11.3 Å². The molecule has 1 unspecified atom stereocenters. The topological polar surface area (TPSA) is 136 Å². The monoisotopic (exact) mass is 467 g/mol. The Morgan fingerprint density at radius 1 is 1.29 bits per heavy atom. The Kier molecular flexibility index (Phi) is 7.82. The summed E-state index contributed by atoms with van der Waals surface area (Å²) in [5, 5.41) is 18.7. The van der Waals surface area contributed by atoms with Crippen LogP contribution in [-0.2, 0) is 9.59 Å². The third-order valence-electron chi connectivity index (χ3n) is 5.92. The first-order valence-electron chi connectivity index (χ1n) is 11.6. The molecule has 0 bridgehead atoms. The van der Waals surface area contributed by atoms with Crippen LogP contribution in [-0.4, -0.2) is 48.4 Å². The lowest BCUT2D eigenvalue weighted by Gasteiger charge is -2.28. The third kappa shape index (κ3) is 6.28. The number of methoxy groups -OCH3 is 1. The van der Waals surface area contributed by atoms with Gasteiger partial charge in [0.25, 0.3) is 5.91 Å². The highest BCUT2D eigenvalue weighted by atomic mass is 16.5. The Morgan fingerprint density at radius 2 is 2.06 bits per heavy atom. The van der Waals surface area contributed by atoms with Gasteiger partial charge in [-0.3, -0.25) is 14.4 Å². The number of carbonyl (C=O) groups excluding carboxylic acids is 3.